The average Bonchev–Trinajstić information content (AvgIpc) is 2.97. The van der Waals surface area contributed by atoms with Crippen LogP contribution in [0.15, 0.2) is 72.9 Å². The molecule has 0 bridgehead atoms. The highest BCUT2D eigenvalue weighted by molar-refractivity contribution is 5.38. The van der Waals surface area contributed by atoms with Crippen molar-refractivity contribution in [3.05, 3.63) is 72.9 Å². The monoisotopic (exact) mass is 460 g/mol. The second-order valence-corrected chi connectivity index (χ2v) is 14.0. The largest absolute Gasteiger partial charge is 0.102 e. The van der Waals surface area contributed by atoms with Crippen LogP contribution in [0.25, 0.3) is 0 Å². The molecule has 0 aliphatic heterocycles. The van der Waals surface area contributed by atoms with Crippen molar-refractivity contribution in [1.29, 1.82) is 0 Å². The zero-order valence-corrected chi connectivity index (χ0v) is 23.8. The van der Waals surface area contributed by atoms with Crippen molar-refractivity contribution in [2.45, 2.75) is 88.0 Å². The van der Waals surface area contributed by atoms with Crippen LogP contribution < -0.4 is 0 Å². The standard InChI is InChI=1S/C34H52/c1-13-15-27-26(32(9,10)14-2)16-17-28-30-21-24(4)29(20-23(3)18-19-31(6,7)8)33(30,11)22-25(5)34(27,28)12/h13-16,18-19,24,27-30H,2-3,5,17,20-22H2,1,4,6-12H3/b15-13-,19-18+. The van der Waals surface area contributed by atoms with Crippen molar-refractivity contribution in [2.75, 3.05) is 0 Å². The van der Waals surface area contributed by atoms with Gasteiger partial charge >= 0.3 is 0 Å². The SMILES string of the molecule is C=CC(C)(C)C1=CCC2C3CC(C)C(CC(=C)/C=C/C(C)(C)C)C3(C)CC(=C)C2(C)C1/C=C\C. The molecule has 3 aliphatic rings. The van der Waals surface area contributed by atoms with Crippen LogP contribution in [0.5, 0.6) is 0 Å². The van der Waals surface area contributed by atoms with Crippen LogP contribution in [0.3, 0.4) is 0 Å². The molecule has 0 aromatic carbocycles. The molecule has 3 aliphatic carbocycles. The van der Waals surface area contributed by atoms with E-state index in [-0.39, 0.29) is 16.2 Å². The summed E-state index contributed by atoms with van der Waals surface area (Å²) < 4.78 is 0. The van der Waals surface area contributed by atoms with E-state index in [1.54, 1.807) is 0 Å². The zero-order valence-electron chi connectivity index (χ0n) is 23.8. The second kappa shape index (κ2) is 9.15. The Labute approximate surface area is 212 Å². The van der Waals surface area contributed by atoms with Crippen molar-refractivity contribution < 1.29 is 0 Å². The Morgan fingerprint density at radius 3 is 2.35 bits per heavy atom. The number of fused-ring (bicyclic) bond motifs is 3. The Morgan fingerprint density at radius 2 is 1.79 bits per heavy atom. The van der Waals surface area contributed by atoms with Gasteiger partial charge in [-0.05, 0) is 67.1 Å². The molecule has 2 fully saturated rings. The lowest BCUT2D eigenvalue weighted by molar-refractivity contribution is -0.0170. The summed E-state index contributed by atoms with van der Waals surface area (Å²) in [6.07, 6.45) is 18.8. The predicted octanol–water partition coefficient (Wildman–Crippen LogP) is 10.1. The van der Waals surface area contributed by atoms with Crippen LogP contribution >= 0.6 is 0 Å². The van der Waals surface area contributed by atoms with Gasteiger partial charge in [-0.3, -0.25) is 0 Å². The topological polar surface area (TPSA) is 0 Å². The highest BCUT2D eigenvalue weighted by atomic mass is 14.7. The average molecular weight is 461 g/mol. The van der Waals surface area contributed by atoms with E-state index < -0.39 is 0 Å². The van der Waals surface area contributed by atoms with E-state index in [0.29, 0.717) is 23.2 Å². The molecule has 0 N–H and O–H groups in total. The van der Waals surface area contributed by atoms with Crippen molar-refractivity contribution in [3.63, 3.8) is 0 Å². The maximum atomic E-state index is 4.83. The molecule has 0 aromatic heterocycles. The fourth-order valence-electron chi connectivity index (χ4n) is 7.97. The van der Waals surface area contributed by atoms with E-state index in [4.69, 9.17) is 6.58 Å². The molecule has 188 valence electrons. The molecule has 0 spiro atoms. The van der Waals surface area contributed by atoms with Crippen LogP contribution in [0.4, 0.5) is 0 Å². The van der Waals surface area contributed by atoms with E-state index in [0.717, 1.165) is 24.7 Å². The Hall–Kier alpha value is -1.56. The van der Waals surface area contributed by atoms with Crippen LogP contribution in [0.1, 0.15) is 88.0 Å². The summed E-state index contributed by atoms with van der Waals surface area (Å²) in [5.74, 6) is 3.18. The van der Waals surface area contributed by atoms with Gasteiger partial charge in [0, 0.05) is 16.7 Å². The summed E-state index contributed by atoms with van der Waals surface area (Å²) in [6.45, 7) is 34.8. The van der Waals surface area contributed by atoms with Gasteiger partial charge in [0.1, 0.15) is 0 Å². The smallest absolute Gasteiger partial charge is 0.00790 e. The Bertz CT molecular complexity index is 912. The second-order valence-electron chi connectivity index (χ2n) is 14.0. The highest BCUT2D eigenvalue weighted by Gasteiger charge is 2.62. The van der Waals surface area contributed by atoms with Gasteiger partial charge in [0.15, 0.2) is 0 Å². The van der Waals surface area contributed by atoms with E-state index >= 15 is 0 Å². The minimum absolute atomic E-state index is 0.00181. The molecule has 2 saturated carbocycles. The normalized spacial score (nSPS) is 38.7. The maximum Gasteiger partial charge on any atom is 0.00790 e. The van der Waals surface area contributed by atoms with Gasteiger partial charge in [0.25, 0.3) is 0 Å². The van der Waals surface area contributed by atoms with Gasteiger partial charge in [-0.25, -0.2) is 0 Å². The zero-order chi connectivity index (χ0) is 25.7. The van der Waals surface area contributed by atoms with E-state index in [1.807, 2.05) is 0 Å². The molecular weight excluding hydrogens is 408 g/mol. The van der Waals surface area contributed by atoms with E-state index in [9.17, 15) is 0 Å². The molecule has 7 unspecified atom stereocenters. The van der Waals surface area contributed by atoms with Crippen LogP contribution in [-0.2, 0) is 0 Å². The first-order valence-corrected chi connectivity index (χ1v) is 13.6. The van der Waals surface area contributed by atoms with Gasteiger partial charge < -0.3 is 0 Å². The van der Waals surface area contributed by atoms with Crippen LogP contribution in [0, 0.1) is 51.2 Å². The number of allylic oxidation sites excluding steroid dienone is 9. The Kier molecular flexibility index (Phi) is 7.27. The molecule has 0 saturated heterocycles. The summed E-state index contributed by atoms with van der Waals surface area (Å²) in [5, 5.41) is 0. The molecule has 0 amide bonds. The molecule has 0 aromatic rings. The molecule has 0 radical (unpaired) electrons. The summed E-state index contributed by atoms with van der Waals surface area (Å²) in [7, 11) is 0. The number of rotatable bonds is 6. The summed E-state index contributed by atoms with van der Waals surface area (Å²) in [4.78, 5) is 0. The van der Waals surface area contributed by atoms with Crippen molar-refractivity contribution >= 4 is 0 Å². The molecule has 3 rings (SSSR count). The third-order valence-corrected chi connectivity index (χ3v) is 10.1. The molecule has 0 heteroatoms. The van der Waals surface area contributed by atoms with E-state index in [2.05, 4.69) is 112 Å². The Morgan fingerprint density at radius 1 is 1.15 bits per heavy atom. The van der Waals surface area contributed by atoms with Crippen LogP contribution in [0.2, 0.25) is 0 Å². The summed E-state index contributed by atoms with van der Waals surface area (Å²) in [5.41, 5.74) is 4.91. The molecule has 7 atom stereocenters. The van der Waals surface area contributed by atoms with Gasteiger partial charge in [0.2, 0.25) is 0 Å². The predicted molar refractivity (Wildman–Crippen MR) is 152 cm³/mol. The summed E-state index contributed by atoms with van der Waals surface area (Å²) >= 11 is 0. The first-order chi connectivity index (χ1) is 15.6. The molecule has 0 heterocycles. The maximum absolute atomic E-state index is 4.83. The first-order valence-electron chi connectivity index (χ1n) is 13.6. The fourth-order valence-corrected chi connectivity index (χ4v) is 7.97. The number of hydrogen-bond acceptors (Lipinski definition) is 0. The number of hydrogen-bond donors (Lipinski definition) is 0. The summed E-state index contributed by atoms with van der Waals surface area (Å²) in [6, 6.07) is 0. The van der Waals surface area contributed by atoms with Crippen molar-refractivity contribution in [1.82, 2.24) is 0 Å². The lowest BCUT2D eigenvalue weighted by Crippen LogP contribution is -2.53. The van der Waals surface area contributed by atoms with Gasteiger partial charge in [-0.15, -0.1) is 6.58 Å². The quantitative estimate of drug-likeness (QED) is 0.273. The molecule has 34 heavy (non-hydrogen) atoms. The van der Waals surface area contributed by atoms with Crippen molar-refractivity contribution in [2.24, 2.45) is 51.2 Å². The minimum atomic E-state index is 0.00181. The molecule has 0 nitrogen and oxygen atoms in total. The van der Waals surface area contributed by atoms with Crippen molar-refractivity contribution in [3.8, 4) is 0 Å². The Balaban J connectivity index is 1.99. The lowest BCUT2D eigenvalue weighted by Gasteiger charge is -2.60. The fraction of sp³-hybridized carbons (Fsp3) is 0.647. The van der Waals surface area contributed by atoms with E-state index in [1.165, 1.54) is 29.6 Å². The molecular formula is C34H52. The van der Waals surface area contributed by atoms with Crippen LogP contribution in [-0.4, -0.2) is 0 Å². The highest BCUT2D eigenvalue weighted by Crippen LogP contribution is 2.70. The third-order valence-electron chi connectivity index (χ3n) is 10.1. The lowest BCUT2D eigenvalue weighted by atomic mass is 9.44. The van der Waals surface area contributed by atoms with Gasteiger partial charge in [0.05, 0.1) is 0 Å². The first kappa shape index (κ1) is 27.0. The third kappa shape index (κ3) is 4.52. The van der Waals surface area contributed by atoms with Gasteiger partial charge in [-0.1, -0.05) is 122 Å². The van der Waals surface area contributed by atoms with Gasteiger partial charge in [-0.2, -0.15) is 0 Å². The minimum Gasteiger partial charge on any atom is -0.102 e.